The molecule has 0 bridgehead atoms. The third-order valence-electron chi connectivity index (χ3n) is 5.29. The van der Waals surface area contributed by atoms with Crippen LogP contribution in [0.1, 0.15) is 34.6 Å². The lowest BCUT2D eigenvalue weighted by Crippen LogP contribution is -2.27. The molecule has 0 fully saturated rings. The van der Waals surface area contributed by atoms with Crippen molar-refractivity contribution in [3.8, 4) is 16.9 Å². The van der Waals surface area contributed by atoms with Crippen LogP contribution < -0.4 is 5.32 Å². The minimum atomic E-state index is -0.292. The Kier molecular flexibility index (Phi) is 5.48. The smallest absolute Gasteiger partial charge is 0.253 e. The highest BCUT2D eigenvalue weighted by molar-refractivity contribution is 5.97. The predicted molar refractivity (Wildman–Crippen MR) is 118 cm³/mol. The fourth-order valence-corrected chi connectivity index (χ4v) is 3.68. The van der Waals surface area contributed by atoms with E-state index in [1.165, 1.54) is 12.1 Å². The van der Waals surface area contributed by atoms with Crippen molar-refractivity contribution in [2.24, 2.45) is 0 Å². The molecule has 3 aromatic carbocycles. The van der Waals surface area contributed by atoms with E-state index in [2.05, 4.69) is 5.32 Å². The highest BCUT2D eigenvalue weighted by atomic mass is 19.1. The zero-order valence-electron chi connectivity index (χ0n) is 17.0. The van der Waals surface area contributed by atoms with Crippen LogP contribution in [0.3, 0.4) is 0 Å². The number of amides is 1. The molecule has 4 rings (SSSR count). The predicted octanol–water partition coefficient (Wildman–Crippen LogP) is 6.08. The molecule has 1 N–H and O–H groups in total. The Labute approximate surface area is 175 Å². The van der Waals surface area contributed by atoms with E-state index in [1.54, 1.807) is 12.1 Å². The fraction of sp³-hybridized carbons (Fsp3) is 0.115. The first kappa shape index (κ1) is 19.6. The maximum absolute atomic E-state index is 13.5. The monoisotopic (exact) mass is 398 g/mol. The summed E-state index contributed by atoms with van der Waals surface area (Å²) >= 11 is 0. The number of carbonyl (C=O) groups is 1. The Morgan fingerprint density at radius 1 is 0.900 bits per heavy atom. The van der Waals surface area contributed by atoms with Crippen molar-refractivity contribution in [3.63, 3.8) is 0 Å². The van der Waals surface area contributed by atoms with Crippen molar-refractivity contribution in [2.45, 2.75) is 19.9 Å². The molecule has 0 aliphatic heterocycles. The van der Waals surface area contributed by atoms with Crippen molar-refractivity contribution in [2.75, 3.05) is 0 Å². The first-order valence-corrected chi connectivity index (χ1v) is 9.94. The number of hydrogen-bond acceptors (Lipinski definition) is 1. The van der Waals surface area contributed by atoms with Crippen LogP contribution in [0.25, 0.3) is 16.9 Å². The molecule has 1 amide bonds. The van der Waals surface area contributed by atoms with Gasteiger partial charge in [-0.2, -0.15) is 0 Å². The van der Waals surface area contributed by atoms with E-state index in [-0.39, 0.29) is 17.8 Å². The molecule has 0 saturated carbocycles. The quantitative estimate of drug-likeness (QED) is 0.434. The zero-order chi connectivity index (χ0) is 21.1. The van der Waals surface area contributed by atoms with E-state index in [0.717, 1.165) is 28.2 Å². The molecule has 0 aliphatic carbocycles. The van der Waals surface area contributed by atoms with Crippen molar-refractivity contribution in [3.05, 3.63) is 114 Å². The van der Waals surface area contributed by atoms with E-state index in [0.29, 0.717) is 5.56 Å². The lowest BCUT2D eigenvalue weighted by molar-refractivity contribution is 0.0939. The van der Waals surface area contributed by atoms with Crippen molar-refractivity contribution in [1.29, 1.82) is 0 Å². The second-order valence-electron chi connectivity index (χ2n) is 7.31. The van der Waals surface area contributed by atoms with Crippen molar-refractivity contribution in [1.82, 2.24) is 9.88 Å². The lowest BCUT2D eigenvalue weighted by Gasteiger charge is -2.15. The zero-order valence-corrected chi connectivity index (χ0v) is 17.0. The van der Waals surface area contributed by atoms with Crippen LogP contribution in [0, 0.1) is 12.7 Å². The number of nitrogens with one attached hydrogen (secondary N) is 1. The summed E-state index contributed by atoms with van der Waals surface area (Å²) in [5, 5.41) is 3.09. The van der Waals surface area contributed by atoms with Gasteiger partial charge < -0.3 is 9.88 Å². The maximum atomic E-state index is 13.5. The van der Waals surface area contributed by atoms with Gasteiger partial charge in [0.1, 0.15) is 5.82 Å². The van der Waals surface area contributed by atoms with Crippen molar-refractivity contribution >= 4 is 5.91 Å². The van der Waals surface area contributed by atoms with E-state index in [4.69, 9.17) is 0 Å². The third kappa shape index (κ3) is 3.90. The van der Waals surface area contributed by atoms with Gasteiger partial charge in [0, 0.05) is 11.4 Å². The van der Waals surface area contributed by atoms with Gasteiger partial charge in [-0.15, -0.1) is 0 Å². The van der Waals surface area contributed by atoms with Crippen molar-refractivity contribution < 1.29 is 9.18 Å². The van der Waals surface area contributed by atoms with E-state index < -0.39 is 0 Å². The molecule has 150 valence electrons. The summed E-state index contributed by atoms with van der Waals surface area (Å²) < 4.78 is 15.5. The number of carbonyl (C=O) groups excluding carboxylic acids is 1. The van der Waals surface area contributed by atoms with Crippen LogP contribution in [0.5, 0.6) is 0 Å². The molecule has 1 heterocycles. The van der Waals surface area contributed by atoms with Gasteiger partial charge in [-0.3, -0.25) is 4.79 Å². The summed E-state index contributed by atoms with van der Waals surface area (Å²) in [6.07, 6.45) is 0. The van der Waals surface area contributed by atoms with Gasteiger partial charge in [0.15, 0.2) is 0 Å². The van der Waals surface area contributed by atoms with Crippen LogP contribution in [-0.2, 0) is 0 Å². The summed E-state index contributed by atoms with van der Waals surface area (Å²) in [6.45, 7) is 3.88. The number of hydrogen-bond donors (Lipinski definition) is 1. The molecule has 1 atom stereocenters. The molecule has 1 aromatic heterocycles. The number of aromatic nitrogens is 1. The summed E-state index contributed by atoms with van der Waals surface area (Å²) in [5.74, 6) is -0.429. The molecule has 30 heavy (non-hydrogen) atoms. The highest BCUT2D eigenvalue weighted by Gasteiger charge is 2.21. The molecule has 4 heteroatoms. The van der Waals surface area contributed by atoms with E-state index >= 15 is 0 Å². The van der Waals surface area contributed by atoms with Gasteiger partial charge in [0.25, 0.3) is 5.91 Å². The van der Waals surface area contributed by atoms with Gasteiger partial charge in [-0.25, -0.2) is 4.39 Å². The minimum absolute atomic E-state index is 0.118. The molecule has 0 unspecified atom stereocenters. The SMILES string of the molecule is Cc1c(C(=O)N[C@@H](C)c2ccccc2)cc(-c2ccccc2)n1-c1ccc(F)cc1. The average Bonchev–Trinajstić information content (AvgIpc) is 3.13. The van der Waals surface area contributed by atoms with Crippen LogP contribution in [0.4, 0.5) is 4.39 Å². The molecular formula is C26H23FN2O. The Balaban J connectivity index is 1.75. The minimum Gasteiger partial charge on any atom is -0.345 e. The number of nitrogens with zero attached hydrogens (tertiary/aromatic N) is 1. The van der Waals surface area contributed by atoms with Gasteiger partial charge >= 0.3 is 0 Å². The third-order valence-corrected chi connectivity index (χ3v) is 5.29. The largest absolute Gasteiger partial charge is 0.345 e. The number of halogens is 1. The van der Waals surface area contributed by atoms with Crippen LogP contribution in [0.2, 0.25) is 0 Å². The molecular weight excluding hydrogens is 375 g/mol. The Hall–Kier alpha value is -3.66. The molecule has 0 aliphatic rings. The number of rotatable bonds is 5. The molecule has 0 spiro atoms. The topological polar surface area (TPSA) is 34.0 Å². The molecule has 4 aromatic rings. The van der Waals surface area contributed by atoms with Gasteiger partial charge in [-0.05, 0) is 55.3 Å². The number of benzene rings is 3. The second kappa shape index (κ2) is 8.37. The normalized spacial score (nSPS) is 11.8. The Morgan fingerprint density at radius 3 is 2.13 bits per heavy atom. The molecule has 0 radical (unpaired) electrons. The summed E-state index contributed by atoms with van der Waals surface area (Å²) in [5.41, 5.74) is 5.13. The van der Waals surface area contributed by atoms with Gasteiger partial charge in [0.05, 0.1) is 17.3 Å². The molecule has 0 saturated heterocycles. The summed E-state index contributed by atoms with van der Waals surface area (Å²) in [4.78, 5) is 13.1. The lowest BCUT2D eigenvalue weighted by atomic mass is 10.1. The summed E-state index contributed by atoms with van der Waals surface area (Å²) in [7, 11) is 0. The van der Waals surface area contributed by atoms with E-state index in [9.17, 15) is 9.18 Å². The average molecular weight is 398 g/mol. The Morgan fingerprint density at radius 2 is 1.50 bits per heavy atom. The first-order chi connectivity index (χ1) is 14.5. The summed E-state index contributed by atoms with van der Waals surface area (Å²) in [6, 6.07) is 27.9. The Bertz CT molecular complexity index is 1150. The second-order valence-corrected chi connectivity index (χ2v) is 7.31. The fourth-order valence-electron chi connectivity index (χ4n) is 3.68. The standard InChI is InChI=1S/C26H23FN2O/c1-18(20-9-5-3-6-10-20)28-26(30)24-17-25(21-11-7-4-8-12-21)29(19(24)2)23-15-13-22(27)14-16-23/h3-18H,1-2H3,(H,28,30)/t18-/m0/s1. The van der Waals surface area contributed by atoms with Gasteiger partial charge in [0.2, 0.25) is 0 Å². The van der Waals surface area contributed by atoms with Crippen LogP contribution in [-0.4, -0.2) is 10.5 Å². The highest BCUT2D eigenvalue weighted by Crippen LogP contribution is 2.30. The van der Waals surface area contributed by atoms with Crippen LogP contribution in [0.15, 0.2) is 91.0 Å². The first-order valence-electron chi connectivity index (χ1n) is 9.94. The van der Waals surface area contributed by atoms with E-state index in [1.807, 2.05) is 85.1 Å². The van der Waals surface area contributed by atoms with Gasteiger partial charge in [-0.1, -0.05) is 60.7 Å². The van der Waals surface area contributed by atoms with Crippen LogP contribution >= 0.6 is 0 Å². The molecule has 3 nitrogen and oxygen atoms in total. The maximum Gasteiger partial charge on any atom is 0.253 e.